The van der Waals surface area contributed by atoms with Gasteiger partial charge in [0.15, 0.2) is 0 Å². The highest BCUT2D eigenvalue weighted by Crippen LogP contribution is 2.39. The Balaban J connectivity index is 2.09. The van der Waals surface area contributed by atoms with Crippen molar-refractivity contribution in [3.63, 3.8) is 0 Å². The van der Waals surface area contributed by atoms with Crippen LogP contribution in [0.15, 0.2) is 12.4 Å². The van der Waals surface area contributed by atoms with Gasteiger partial charge in [-0.15, -0.1) is 0 Å². The molecule has 0 aromatic rings. The second kappa shape index (κ2) is 3.08. The third-order valence-electron chi connectivity index (χ3n) is 2.90. The zero-order chi connectivity index (χ0) is 10.4. The third-order valence-corrected chi connectivity index (χ3v) is 3.64. The topological polar surface area (TPSA) is 33.7 Å². The molecule has 2 rings (SSSR count). The Bertz CT molecular complexity index is 254. The Hall–Kier alpha value is -0.325. The minimum absolute atomic E-state index is 0.269. The summed E-state index contributed by atoms with van der Waals surface area (Å²) < 4.78 is 16.6. The molecule has 0 radical (unpaired) electrons. The van der Waals surface area contributed by atoms with Crippen LogP contribution in [0.3, 0.4) is 0 Å². The fraction of sp³-hybridized carbons (Fsp3) is 0.750. The van der Waals surface area contributed by atoms with Gasteiger partial charge in [-0.05, 0) is 27.7 Å². The van der Waals surface area contributed by atoms with Gasteiger partial charge in [-0.25, -0.2) is 0 Å². The quantitative estimate of drug-likeness (QED) is 0.528. The molecule has 0 saturated carbocycles. The zero-order valence-corrected chi connectivity index (χ0v) is 9.72. The summed E-state index contributed by atoms with van der Waals surface area (Å²) in [5.74, 6) is 0. The molecule has 0 aliphatic carbocycles. The van der Waals surface area contributed by atoms with Crippen molar-refractivity contribution in [3.8, 4) is 0 Å². The van der Waals surface area contributed by atoms with Crippen molar-refractivity contribution in [2.24, 2.45) is 0 Å². The summed E-state index contributed by atoms with van der Waals surface area (Å²) in [5, 5.41) is 0. The van der Waals surface area contributed by atoms with Crippen LogP contribution in [-0.2, 0) is 9.31 Å². The van der Waals surface area contributed by atoms with Crippen molar-refractivity contribution in [1.29, 1.82) is 0 Å². The molecule has 78 valence electrons. The smallest absolute Gasteiger partial charge is 0.383 e. The van der Waals surface area contributed by atoms with Gasteiger partial charge in [-0.2, -0.15) is 0 Å². The van der Waals surface area contributed by atoms with E-state index in [0.29, 0.717) is 0 Å². The van der Waals surface area contributed by atoms with Crippen molar-refractivity contribution in [2.45, 2.75) is 38.9 Å². The normalized spacial score (nSPS) is 28.3. The summed E-state index contributed by atoms with van der Waals surface area (Å²) in [5.41, 5.74) is -0.538. The number of nitrogens with one attached hydrogen (secondary N) is 1. The molecular formula is C8H15BN2O2S. The van der Waals surface area contributed by atoms with Gasteiger partial charge < -0.3 is 14.0 Å². The van der Waals surface area contributed by atoms with Crippen LogP contribution < -0.4 is 4.72 Å². The second-order valence-electron chi connectivity index (χ2n) is 4.45. The van der Waals surface area contributed by atoms with Gasteiger partial charge >= 0.3 is 7.25 Å². The van der Waals surface area contributed by atoms with E-state index in [1.165, 1.54) is 12.1 Å². The first-order valence-corrected chi connectivity index (χ1v) is 5.43. The molecule has 4 nitrogen and oxygen atoms in total. The maximum atomic E-state index is 5.84. The van der Waals surface area contributed by atoms with Gasteiger partial charge in [0.2, 0.25) is 0 Å². The molecule has 6 heteroatoms. The standard InChI is InChI=1S/C8H15BN2O2S/c1-7(2)8(3,4)13-9(12-7)11-6-5-10-14-11/h5-6,10H,1-4H3. The van der Waals surface area contributed by atoms with E-state index < -0.39 is 0 Å². The largest absolute Gasteiger partial charge is 0.605 e. The summed E-state index contributed by atoms with van der Waals surface area (Å²) in [7, 11) is -0.309. The Kier molecular flexibility index (Phi) is 2.25. The minimum atomic E-state index is -0.309. The van der Waals surface area contributed by atoms with Crippen LogP contribution >= 0.6 is 12.1 Å². The average molecular weight is 214 g/mol. The Labute approximate surface area is 89.4 Å². The molecule has 1 fully saturated rings. The predicted molar refractivity (Wildman–Crippen MR) is 57.8 cm³/mol. The first kappa shape index (κ1) is 10.2. The molecule has 1 N–H and O–H groups in total. The molecule has 2 aliphatic rings. The SMILES string of the molecule is CC1(C)OB(N2C=CNS2)OC1(C)C. The van der Waals surface area contributed by atoms with E-state index in [2.05, 4.69) is 4.72 Å². The lowest BCUT2D eigenvalue weighted by molar-refractivity contribution is 0.00578. The van der Waals surface area contributed by atoms with Gasteiger partial charge in [0.25, 0.3) is 0 Å². The zero-order valence-electron chi connectivity index (χ0n) is 8.90. The number of rotatable bonds is 1. The molecule has 0 atom stereocenters. The highest BCUT2D eigenvalue weighted by atomic mass is 32.2. The highest BCUT2D eigenvalue weighted by molar-refractivity contribution is 7.96. The molecule has 0 amide bonds. The molecular weight excluding hydrogens is 199 g/mol. The molecule has 0 unspecified atom stereocenters. The molecule has 2 heterocycles. The van der Waals surface area contributed by atoms with Crippen LogP contribution in [0.25, 0.3) is 0 Å². The van der Waals surface area contributed by atoms with Crippen LogP contribution in [0.4, 0.5) is 0 Å². The monoisotopic (exact) mass is 214 g/mol. The fourth-order valence-electron chi connectivity index (χ4n) is 1.25. The first-order chi connectivity index (χ1) is 6.42. The lowest BCUT2D eigenvalue weighted by Crippen LogP contribution is -2.41. The molecule has 0 bridgehead atoms. The number of hydrogen-bond donors (Lipinski definition) is 1. The summed E-state index contributed by atoms with van der Waals surface area (Å²) >= 11 is 1.46. The summed E-state index contributed by atoms with van der Waals surface area (Å²) in [6, 6.07) is 0. The van der Waals surface area contributed by atoms with E-state index >= 15 is 0 Å². The van der Waals surface area contributed by atoms with E-state index in [9.17, 15) is 0 Å². The summed E-state index contributed by atoms with van der Waals surface area (Å²) in [6.45, 7) is 8.19. The summed E-state index contributed by atoms with van der Waals surface area (Å²) in [4.78, 5) is 0. The van der Waals surface area contributed by atoms with Crippen molar-refractivity contribution >= 4 is 19.4 Å². The van der Waals surface area contributed by atoms with Gasteiger partial charge in [0.05, 0.1) is 23.3 Å². The van der Waals surface area contributed by atoms with Crippen molar-refractivity contribution < 1.29 is 9.31 Å². The molecule has 0 aromatic heterocycles. The van der Waals surface area contributed by atoms with E-state index in [4.69, 9.17) is 9.31 Å². The Morgan fingerprint density at radius 3 is 2.21 bits per heavy atom. The van der Waals surface area contributed by atoms with E-state index in [0.717, 1.165) is 0 Å². The Morgan fingerprint density at radius 1 is 1.21 bits per heavy atom. The second-order valence-corrected chi connectivity index (χ2v) is 5.29. The molecule has 0 spiro atoms. The minimum Gasteiger partial charge on any atom is -0.383 e. The average Bonchev–Trinajstić information content (AvgIpc) is 2.58. The van der Waals surface area contributed by atoms with Crippen LogP contribution in [0.1, 0.15) is 27.7 Å². The van der Waals surface area contributed by atoms with Crippen LogP contribution in [-0.4, -0.2) is 22.7 Å². The molecule has 0 aromatic carbocycles. The van der Waals surface area contributed by atoms with Gasteiger partial charge in [0.1, 0.15) is 0 Å². The number of hydrogen-bond acceptors (Lipinski definition) is 5. The van der Waals surface area contributed by atoms with E-state index in [-0.39, 0.29) is 18.5 Å². The van der Waals surface area contributed by atoms with Crippen molar-refractivity contribution in [2.75, 3.05) is 0 Å². The van der Waals surface area contributed by atoms with Gasteiger partial charge in [-0.3, -0.25) is 4.22 Å². The highest BCUT2D eigenvalue weighted by Gasteiger charge is 2.54. The molecule has 1 saturated heterocycles. The molecule has 14 heavy (non-hydrogen) atoms. The van der Waals surface area contributed by atoms with Crippen LogP contribution in [0.2, 0.25) is 0 Å². The lowest BCUT2D eigenvalue weighted by atomic mass is 9.90. The predicted octanol–water partition coefficient (Wildman–Crippen LogP) is 1.51. The lowest BCUT2D eigenvalue weighted by Gasteiger charge is -2.32. The van der Waals surface area contributed by atoms with E-state index in [1.807, 2.05) is 44.3 Å². The number of nitrogens with zero attached hydrogens (tertiary/aromatic N) is 1. The maximum Gasteiger partial charge on any atom is 0.605 e. The van der Waals surface area contributed by atoms with Gasteiger partial charge in [0, 0.05) is 12.4 Å². The first-order valence-electron chi connectivity index (χ1n) is 4.65. The van der Waals surface area contributed by atoms with Gasteiger partial charge in [-0.1, -0.05) is 0 Å². The third kappa shape index (κ3) is 1.51. The molecule has 2 aliphatic heterocycles. The maximum absolute atomic E-state index is 5.84. The van der Waals surface area contributed by atoms with Crippen LogP contribution in [0, 0.1) is 0 Å². The Morgan fingerprint density at radius 2 is 1.79 bits per heavy atom. The van der Waals surface area contributed by atoms with E-state index in [1.54, 1.807) is 0 Å². The van der Waals surface area contributed by atoms with Crippen molar-refractivity contribution in [1.82, 2.24) is 8.94 Å². The fourth-order valence-corrected chi connectivity index (χ4v) is 1.79. The van der Waals surface area contributed by atoms with Crippen molar-refractivity contribution in [3.05, 3.63) is 12.4 Å². The van der Waals surface area contributed by atoms with Crippen LogP contribution in [0.5, 0.6) is 0 Å². The summed E-state index contributed by atoms with van der Waals surface area (Å²) in [6.07, 6.45) is 3.77.